The highest BCUT2D eigenvalue weighted by Gasteiger charge is 2.42. The Morgan fingerprint density at radius 1 is 1.17 bits per heavy atom. The van der Waals surface area contributed by atoms with E-state index in [9.17, 15) is 0 Å². The van der Waals surface area contributed by atoms with Gasteiger partial charge >= 0.3 is 0 Å². The highest BCUT2D eigenvalue weighted by atomic mass is 35.5. The Balaban J connectivity index is 0.000000605. The molecule has 1 heterocycles. The molecule has 2 fully saturated rings. The van der Waals surface area contributed by atoms with Crippen LogP contribution in [0.1, 0.15) is 32.1 Å². The Bertz CT molecular complexity index is 120. The molecular formula is C8H18Cl2N2. The molecule has 4 heteroatoms. The van der Waals surface area contributed by atoms with Crippen LogP contribution in [-0.4, -0.2) is 18.1 Å². The molecule has 1 aliphatic heterocycles. The van der Waals surface area contributed by atoms with Crippen LogP contribution in [0.3, 0.4) is 0 Å². The summed E-state index contributed by atoms with van der Waals surface area (Å²) in [5.74, 6) is 0. The van der Waals surface area contributed by atoms with Crippen molar-refractivity contribution in [1.29, 1.82) is 0 Å². The minimum atomic E-state index is 0. The highest BCUT2D eigenvalue weighted by molar-refractivity contribution is 5.85. The molecular weight excluding hydrogens is 195 g/mol. The molecule has 0 aromatic carbocycles. The third-order valence-electron chi connectivity index (χ3n) is 2.89. The molecule has 74 valence electrons. The van der Waals surface area contributed by atoms with Gasteiger partial charge in [-0.05, 0) is 32.2 Å². The zero-order chi connectivity index (χ0) is 7.03. The van der Waals surface area contributed by atoms with Crippen LogP contribution in [0.15, 0.2) is 0 Å². The topological polar surface area (TPSA) is 38.0 Å². The van der Waals surface area contributed by atoms with E-state index in [1.165, 1.54) is 38.6 Å². The fourth-order valence-electron chi connectivity index (χ4n) is 2.32. The first-order valence-corrected chi connectivity index (χ1v) is 4.31. The molecule has 1 spiro atoms. The van der Waals surface area contributed by atoms with Crippen molar-refractivity contribution in [1.82, 2.24) is 5.32 Å². The van der Waals surface area contributed by atoms with Gasteiger partial charge in [-0.1, -0.05) is 6.42 Å². The minimum absolute atomic E-state index is 0. The van der Waals surface area contributed by atoms with Crippen molar-refractivity contribution in [2.45, 2.75) is 43.7 Å². The molecule has 0 unspecified atom stereocenters. The van der Waals surface area contributed by atoms with E-state index in [-0.39, 0.29) is 24.8 Å². The van der Waals surface area contributed by atoms with Gasteiger partial charge in [-0.25, -0.2) is 0 Å². The Morgan fingerprint density at radius 2 is 1.83 bits per heavy atom. The van der Waals surface area contributed by atoms with Crippen LogP contribution < -0.4 is 11.1 Å². The first-order chi connectivity index (χ1) is 4.81. The van der Waals surface area contributed by atoms with Gasteiger partial charge in [-0.2, -0.15) is 0 Å². The van der Waals surface area contributed by atoms with Gasteiger partial charge in [0.25, 0.3) is 0 Å². The molecule has 0 aromatic heterocycles. The zero-order valence-electron chi connectivity index (χ0n) is 7.21. The minimum Gasteiger partial charge on any atom is -0.328 e. The van der Waals surface area contributed by atoms with Crippen LogP contribution >= 0.6 is 24.8 Å². The van der Waals surface area contributed by atoms with Crippen LogP contribution in [0.4, 0.5) is 0 Å². The third kappa shape index (κ3) is 2.25. The Labute approximate surface area is 86.5 Å². The molecule has 2 nitrogen and oxygen atoms in total. The lowest BCUT2D eigenvalue weighted by molar-refractivity contribution is 0.118. The largest absolute Gasteiger partial charge is 0.328 e. The van der Waals surface area contributed by atoms with E-state index in [1.807, 2.05) is 0 Å². The predicted octanol–water partition coefficient (Wildman–Crippen LogP) is 1.46. The third-order valence-corrected chi connectivity index (χ3v) is 2.89. The van der Waals surface area contributed by atoms with Gasteiger partial charge in [0.05, 0.1) is 0 Å². The highest BCUT2D eigenvalue weighted by Crippen LogP contribution is 2.37. The van der Waals surface area contributed by atoms with Gasteiger partial charge in [0.1, 0.15) is 0 Å². The number of nitrogens with one attached hydrogen (secondary N) is 1. The summed E-state index contributed by atoms with van der Waals surface area (Å²) in [5, 5.41) is 3.58. The summed E-state index contributed by atoms with van der Waals surface area (Å²) >= 11 is 0. The van der Waals surface area contributed by atoms with Crippen LogP contribution in [0, 0.1) is 0 Å². The molecule has 2 aliphatic rings. The van der Waals surface area contributed by atoms with E-state index in [0.717, 1.165) is 0 Å². The van der Waals surface area contributed by atoms with Gasteiger partial charge in [0.2, 0.25) is 0 Å². The van der Waals surface area contributed by atoms with Crippen LogP contribution in [0.25, 0.3) is 0 Å². The van der Waals surface area contributed by atoms with Crippen molar-refractivity contribution in [3.05, 3.63) is 0 Å². The van der Waals surface area contributed by atoms with E-state index < -0.39 is 0 Å². The molecule has 0 radical (unpaired) electrons. The second-order valence-corrected chi connectivity index (χ2v) is 3.83. The standard InChI is InChI=1S/C8H16N2.2ClH/c9-7-5-8(6-7)3-1-2-4-10-8;;/h7,10H,1-6,9H2;2*1H. The molecule has 3 N–H and O–H groups in total. The quantitative estimate of drug-likeness (QED) is 0.639. The lowest BCUT2D eigenvalue weighted by Crippen LogP contribution is -2.61. The molecule has 1 saturated carbocycles. The molecule has 0 aromatic rings. The van der Waals surface area contributed by atoms with Crippen molar-refractivity contribution in [3.63, 3.8) is 0 Å². The normalized spacial score (nSPS) is 39.2. The molecule has 12 heavy (non-hydrogen) atoms. The number of piperidine rings is 1. The van der Waals surface area contributed by atoms with Crippen LogP contribution in [-0.2, 0) is 0 Å². The maximum absolute atomic E-state index is 5.74. The number of hydrogen-bond donors (Lipinski definition) is 2. The van der Waals surface area contributed by atoms with E-state index in [2.05, 4.69) is 5.32 Å². The van der Waals surface area contributed by atoms with Crippen molar-refractivity contribution < 1.29 is 0 Å². The molecule has 0 atom stereocenters. The first kappa shape index (κ1) is 12.5. The summed E-state index contributed by atoms with van der Waals surface area (Å²) in [6.45, 7) is 1.21. The second kappa shape index (κ2) is 4.66. The van der Waals surface area contributed by atoms with Gasteiger partial charge in [-0.15, -0.1) is 24.8 Å². The second-order valence-electron chi connectivity index (χ2n) is 3.83. The Hall–Kier alpha value is 0.500. The lowest BCUT2D eigenvalue weighted by atomic mass is 9.69. The summed E-state index contributed by atoms with van der Waals surface area (Å²) < 4.78 is 0. The smallest absolute Gasteiger partial charge is 0.0211 e. The zero-order valence-corrected chi connectivity index (χ0v) is 8.85. The maximum Gasteiger partial charge on any atom is 0.0211 e. The number of rotatable bonds is 0. The van der Waals surface area contributed by atoms with Crippen molar-refractivity contribution in [2.24, 2.45) is 5.73 Å². The SMILES string of the molecule is Cl.Cl.NC1CC2(CCCCN2)C1. The molecule has 1 aliphatic carbocycles. The molecule has 2 rings (SSSR count). The van der Waals surface area contributed by atoms with E-state index in [1.54, 1.807) is 0 Å². The Morgan fingerprint density at radius 3 is 2.25 bits per heavy atom. The number of hydrogen-bond acceptors (Lipinski definition) is 2. The predicted molar refractivity (Wildman–Crippen MR) is 56.3 cm³/mol. The van der Waals surface area contributed by atoms with Crippen molar-refractivity contribution in [2.75, 3.05) is 6.54 Å². The summed E-state index contributed by atoms with van der Waals surface area (Å²) in [6.07, 6.45) is 6.55. The van der Waals surface area contributed by atoms with Crippen LogP contribution in [0.2, 0.25) is 0 Å². The number of halogens is 2. The summed E-state index contributed by atoms with van der Waals surface area (Å²) in [7, 11) is 0. The number of nitrogens with two attached hydrogens (primary N) is 1. The van der Waals surface area contributed by atoms with Gasteiger partial charge in [0.15, 0.2) is 0 Å². The van der Waals surface area contributed by atoms with E-state index in [4.69, 9.17) is 5.73 Å². The average Bonchev–Trinajstić information content (AvgIpc) is 1.87. The van der Waals surface area contributed by atoms with Crippen molar-refractivity contribution >= 4 is 24.8 Å². The van der Waals surface area contributed by atoms with E-state index in [0.29, 0.717) is 11.6 Å². The van der Waals surface area contributed by atoms with E-state index >= 15 is 0 Å². The Kier molecular flexibility index (Phi) is 4.85. The maximum atomic E-state index is 5.74. The summed E-state index contributed by atoms with van der Waals surface area (Å²) in [4.78, 5) is 0. The molecule has 0 bridgehead atoms. The fraction of sp³-hybridized carbons (Fsp3) is 1.00. The van der Waals surface area contributed by atoms with Gasteiger partial charge < -0.3 is 11.1 Å². The lowest BCUT2D eigenvalue weighted by Gasteiger charge is -2.49. The summed E-state index contributed by atoms with van der Waals surface area (Å²) in [5.41, 5.74) is 6.24. The molecule has 0 amide bonds. The molecule has 1 saturated heterocycles. The monoisotopic (exact) mass is 212 g/mol. The first-order valence-electron chi connectivity index (χ1n) is 4.31. The van der Waals surface area contributed by atoms with Crippen molar-refractivity contribution in [3.8, 4) is 0 Å². The van der Waals surface area contributed by atoms with Crippen LogP contribution in [0.5, 0.6) is 0 Å². The summed E-state index contributed by atoms with van der Waals surface area (Å²) in [6, 6.07) is 0.491. The van der Waals surface area contributed by atoms with Gasteiger partial charge in [-0.3, -0.25) is 0 Å². The fourth-order valence-corrected chi connectivity index (χ4v) is 2.32. The van der Waals surface area contributed by atoms with Gasteiger partial charge in [0, 0.05) is 11.6 Å². The average molecular weight is 213 g/mol.